The summed E-state index contributed by atoms with van der Waals surface area (Å²) in [6, 6.07) is 94.9. The molecule has 13 aromatic rings. The number of nitrogens with zero attached hydrogens (tertiary/aromatic N) is 2. The molecule has 0 fully saturated rings. The highest BCUT2D eigenvalue weighted by Crippen LogP contribution is 2.64. The van der Waals surface area contributed by atoms with Crippen LogP contribution >= 0.6 is 11.3 Å². The van der Waals surface area contributed by atoms with Crippen molar-refractivity contribution in [1.82, 2.24) is 4.57 Å². The van der Waals surface area contributed by atoms with Gasteiger partial charge >= 0.3 is 0 Å². The Morgan fingerprint density at radius 2 is 0.886 bits per heavy atom. The van der Waals surface area contributed by atoms with Crippen molar-refractivity contribution in [3.05, 3.63) is 277 Å². The summed E-state index contributed by atoms with van der Waals surface area (Å²) < 4.78 is 5.10. The summed E-state index contributed by atoms with van der Waals surface area (Å²) in [5.41, 5.74) is 21.7. The van der Waals surface area contributed by atoms with Crippen LogP contribution in [0.1, 0.15) is 22.3 Å². The molecule has 0 amide bonds. The number of para-hydroxylation sites is 1. The van der Waals surface area contributed by atoms with Crippen LogP contribution in [-0.4, -0.2) is 4.57 Å². The highest BCUT2D eigenvalue weighted by molar-refractivity contribution is 7.25. The number of rotatable bonds is 6. The largest absolute Gasteiger partial charge is 0.310 e. The van der Waals surface area contributed by atoms with E-state index in [9.17, 15) is 0 Å². The standard InChI is InChI=1S/C67H42N2S/c1-3-16-43(17-4-1)44-30-34-48(35-31-44)68(62-28-15-27-60-66(62)54-23-9-13-26-59(54)67(60)57-24-11-7-20-50(57)51-21-8-12-25-58(51)67)49-36-37-52-55-40-45(32-38-61(55)69(63(52)42-49)47-18-5-2-6-19-47)46-33-39-65-56(41-46)53-22-10-14-29-64(53)70-65/h1-42H. The second-order valence-corrected chi connectivity index (χ2v) is 19.8. The molecule has 326 valence electrons. The van der Waals surface area contributed by atoms with Crippen molar-refractivity contribution in [2.45, 2.75) is 5.41 Å². The SMILES string of the molecule is c1ccc(-c2ccc(N(c3ccc4c5cc(-c6ccc7sc8ccccc8c7c6)ccc5n(-c5ccccc5)c4c3)c3cccc4c3-c3ccccc3C43c4ccccc4-c4ccccc43)cc2)cc1. The molecule has 2 aromatic heterocycles. The molecule has 2 nitrogen and oxygen atoms in total. The summed E-state index contributed by atoms with van der Waals surface area (Å²) in [6.07, 6.45) is 0. The van der Waals surface area contributed by atoms with Gasteiger partial charge in [-0.25, -0.2) is 0 Å². The summed E-state index contributed by atoms with van der Waals surface area (Å²) in [5.74, 6) is 0. The predicted molar refractivity (Wildman–Crippen MR) is 296 cm³/mol. The Balaban J connectivity index is 0.973. The van der Waals surface area contributed by atoms with E-state index in [1.54, 1.807) is 0 Å². The molecule has 0 aliphatic heterocycles. The Labute approximate surface area is 410 Å². The first-order chi connectivity index (χ1) is 34.7. The molecule has 0 bridgehead atoms. The molecule has 70 heavy (non-hydrogen) atoms. The van der Waals surface area contributed by atoms with Crippen molar-refractivity contribution >= 4 is 70.4 Å². The van der Waals surface area contributed by atoms with Gasteiger partial charge in [0.25, 0.3) is 0 Å². The summed E-state index contributed by atoms with van der Waals surface area (Å²) in [5, 5.41) is 5.08. The highest BCUT2D eigenvalue weighted by Gasteiger charge is 2.52. The van der Waals surface area contributed by atoms with Gasteiger partial charge in [0, 0.05) is 53.6 Å². The minimum absolute atomic E-state index is 0.458. The van der Waals surface area contributed by atoms with Crippen LogP contribution < -0.4 is 4.90 Å². The molecule has 0 unspecified atom stereocenters. The zero-order valence-corrected chi connectivity index (χ0v) is 38.9. The van der Waals surface area contributed by atoms with E-state index in [2.05, 4.69) is 264 Å². The van der Waals surface area contributed by atoms with E-state index in [1.165, 1.54) is 103 Å². The lowest BCUT2D eigenvalue weighted by atomic mass is 9.70. The van der Waals surface area contributed by atoms with Gasteiger partial charge in [-0.2, -0.15) is 0 Å². The Morgan fingerprint density at radius 1 is 0.329 bits per heavy atom. The van der Waals surface area contributed by atoms with Gasteiger partial charge in [0.15, 0.2) is 0 Å². The van der Waals surface area contributed by atoms with Crippen LogP contribution in [0.15, 0.2) is 255 Å². The Morgan fingerprint density at radius 3 is 1.64 bits per heavy atom. The van der Waals surface area contributed by atoms with Gasteiger partial charge < -0.3 is 9.47 Å². The number of benzene rings is 11. The average molecular weight is 907 g/mol. The monoisotopic (exact) mass is 906 g/mol. The first-order valence-electron chi connectivity index (χ1n) is 24.2. The lowest BCUT2D eigenvalue weighted by Crippen LogP contribution is -2.26. The smallest absolute Gasteiger partial charge is 0.0726 e. The fraction of sp³-hybridized carbons (Fsp3) is 0.0149. The van der Waals surface area contributed by atoms with E-state index in [0.717, 1.165) is 28.3 Å². The Hall–Kier alpha value is -8.76. The molecule has 11 aromatic carbocycles. The zero-order chi connectivity index (χ0) is 45.9. The fourth-order valence-electron chi connectivity index (χ4n) is 12.3. The second-order valence-electron chi connectivity index (χ2n) is 18.7. The molecule has 1 spiro atoms. The third kappa shape index (κ3) is 5.55. The average Bonchev–Trinajstić information content (AvgIpc) is 4.15. The van der Waals surface area contributed by atoms with E-state index in [-0.39, 0.29) is 0 Å². The van der Waals surface area contributed by atoms with Crippen molar-refractivity contribution in [3.63, 3.8) is 0 Å². The third-order valence-electron chi connectivity index (χ3n) is 15.2. The van der Waals surface area contributed by atoms with Crippen molar-refractivity contribution in [3.8, 4) is 50.2 Å². The lowest BCUT2D eigenvalue weighted by molar-refractivity contribution is 0.794. The van der Waals surface area contributed by atoms with Gasteiger partial charge in [0.2, 0.25) is 0 Å². The van der Waals surface area contributed by atoms with Crippen LogP contribution in [-0.2, 0) is 5.41 Å². The van der Waals surface area contributed by atoms with Gasteiger partial charge in [0.05, 0.1) is 22.1 Å². The number of hydrogen-bond donors (Lipinski definition) is 0. The summed E-state index contributed by atoms with van der Waals surface area (Å²) >= 11 is 1.87. The minimum Gasteiger partial charge on any atom is -0.310 e. The molecule has 0 saturated carbocycles. The fourth-order valence-corrected chi connectivity index (χ4v) is 13.3. The van der Waals surface area contributed by atoms with Crippen LogP contribution in [0.5, 0.6) is 0 Å². The van der Waals surface area contributed by atoms with Gasteiger partial charge in [-0.15, -0.1) is 11.3 Å². The first-order valence-corrected chi connectivity index (χ1v) is 25.0. The second kappa shape index (κ2) is 15.1. The quantitative estimate of drug-likeness (QED) is 0.161. The number of anilines is 3. The van der Waals surface area contributed by atoms with Crippen molar-refractivity contribution in [2.24, 2.45) is 0 Å². The van der Waals surface area contributed by atoms with E-state index in [4.69, 9.17) is 0 Å². The molecule has 0 N–H and O–H groups in total. The molecule has 2 aliphatic rings. The van der Waals surface area contributed by atoms with E-state index < -0.39 is 5.41 Å². The van der Waals surface area contributed by atoms with Crippen molar-refractivity contribution in [2.75, 3.05) is 4.90 Å². The van der Waals surface area contributed by atoms with Crippen LogP contribution in [0.3, 0.4) is 0 Å². The molecule has 2 heterocycles. The van der Waals surface area contributed by atoms with Gasteiger partial charge in [-0.3, -0.25) is 0 Å². The van der Waals surface area contributed by atoms with Crippen LogP contribution in [0.2, 0.25) is 0 Å². The number of aromatic nitrogens is 1. The maximum absolute atomic E-state index is 2.51. The highest BCUT2D eigenvalue weighted by atomic mass is 32.1. The topological polar surface area (TPSA) is 8.17 Å². The molecule has 3 heteroatoms. The zero-order valence-electron chi connectivity index (χ0n) is 38.1. The maximum Gasteiger partial charge on any atom is 0.0726 e. The van der Waals surface area contributed by atoms with Gasteiger partial charge in [-0.1, -0.05) is 182 Å². The minimum atomic E-state index is -0.458. The molecule has 0 saturated heterocycles. The van der Waals surface area contributed by atoms with Crippen molar-refractivity contribution < 1.29 is 0 Å². The molecule has 15 rings (SSSR count). The predicted octanol–water partition coefficient (Wildman–Crippen LogP) is 18.3. The van der Waals surface area contributed by atoms with E-state index in [1.807, 2.05) is 11.3 Å². The maximum atomic E-state index is 2.51. The van der Waals surface area contributed by atoms with Gasteiger partial charge in [0.1, 0.15) is 0 Å². The van der Waals surface area contributed by atoms with Crippen LogP contribution in [0.4, 0.5) is 17.1 Å². The Kier molecular flexibility index (Phi) is 8.48. The van der Waals surface area contributed by atoms with Gasteiger partial charge in [-0.05, 0) is 134 Å². The third-order valence-corrected chi connectivity index (χ3v) is 16.4. The Bertz CT molecular complexity index is 4190. The molecule has 2 aliphatic carbocycles. The summed E-state index contributed by atoms with van der Waals surface area (Å²) in [6.45, 7) is 0. The first kappa shape index (κ1) is 39.3. The molecular formula is C67H42N2S. The summed E-state index contributed by atoms with van der Waals surface area (Å²) in [4.78, 5) is 2.51. The van der Waals surface area contributed by atoms with Crippen LogP contribution in [0.25, 0.3) is 92.2 Å². The number of fused-ring (bicyclic) bond motifs is 16. The van der Waals surface area contributed by atoms with E-state index >= 15 is 0 Å². The molecule has 0 atom stereocenters. The van der Waals surface area contributed by atoms with Crippen LogP contribution in [0, 0.1) is 0 Å². The normalized spacial score (nSPS) is 13.0. The number of hydrogen-bond acceptors (Lipinski definition) is 2. The lowest BCUT2D eigenvalue weighted by Gasteiger charge is -2.32. The van der Waals surface area contributed by atoms with E-state index in [0.29, 0.717) is 0 Å². The number of thiophene rings is 1. The van der Waals surface area contributed by atoms with Crippen molar-refractivity contribution in [1.29, 1.82) is 0 Å². The molecule has 0 radical (unpaired) electrons. The molecular weight excluding hydrogens is 865 g/mol. The summed E-state index contributed by atoms with van der Waals surface area (Å²) in [7, 11) is 0.